The van der Waals surface area contributed by atoms with Crippen molar-refractivity contribution in [2.75, 3.05) is 0 Å². The van der Waals surface area contributed by atoms with Crippen molar-refractivity contribution in [3.63, 3.8) is 0 Å². The smallest absolute Gasteiger partial charge is 0.131 e. The van der Waals surface area contributed by atoms with Crippen LogP contribution in [0.5, 0.6) is 11.5 Å². The van der Waals surface area contributed by atoms with Crippen molar-refractivity contribution in [3.8, 4) is 11.5 Å². The largest absolute Gasteiger partial charge is 0.457 e. The van der Waals surface area contributed by atoms with Crippen LogP contribution in [-0.4, -0.2) is 0 Å². The number of hydrogen-bond acceptors (Lipinski definition) is 1. The first-order chi connectivity index (χ1) is 11.3. The van der Waals surface area contributed by atoms with Crippen LogP contribution in [-0.2, 0) is 5.41 Å². The van der Waals surface area contributed by atoms with Crippen LogP contribution >= 0.6 is 0 Å². The molecule has 1 heteroatoms. The number of hydrogen-bond donors (Lipinski definition) is 0. The Labute approximate surface area is 145 Å². The minimum Gasteiger partial charge on any atom is -0.457 e. The van der Waals surface area contributed by atoms with Crippen LogP contribution in [0.4, 0.5) is 0 Å². The van der Waals surface area contributed by atoms with Gasteiger partial charge < -0.3 is 4.74 Å². The number of para-hydroxylation sites is 2. The minimum atomic E-state index is -0.125. The highest BCUT2D eigenvalue weighted by Crippen LogP contribution is 2.71. The Balaban J connectivity index is 2.20. The Morgan fingerprint density at radius 1 is 0.625 bits per heavy atom. The number of fused-ring (bicyclic) bond motifs is 4. The van der Waals surface area contributed by atoms with Gasteiger partial charge in [-0.3, -0.25) is 0 Å². The van der Waals surface area contributed by atoms with Gasteiger partial charge in [0.05, 0.1) is 0 Å². The zero-order valence-corrected chi connectivity index (χ0v) is 15.5. The fourth-order valence-corrected chi connectivity index (χ4v) is 5.62. The SMILES string of the molecule is CC1=C(C)C(C)(C)C2(c3ccccc3Oc3ccccc32)C1(C)C. The van der Waals surface area contributed by atoms with Gasteiger partial charge in [0.2, 0.25) is 0 Å². The normalized spacial score (nSPS) is 22.1. The van der Waals surface area contributed by atoms with E-state index in [0.717, 1.165) is 11.5 Å². The maximum absolute atomic E-state index is 6.30. The van der Waals surface area contributed by atoms with E-state index in [2.05, 4.69) is 90.1 Å². The molecule has 1 nitrogen and oxygen atoms in total. The topological polar surface area (TPSA) is 9.23 Å². The minimum absolute atomic E-state index is 0.0105. The van der Waals surface area contributed by atoms with Gasteiger partial charge >= 0.3 is 0 Å². The molecule has 0 bridgehead atoms. The Hall–Kier alpha value is -2.02. The molecule has 0 amide bonds. The van der Waals surface area contributed by atoms with Crippen molar-refractivity contribution in [2.24, 2.45) is 10.8 Å². The summed E-state index contributed by atoms with van der Waals surface area (Å²) in [4.78, 5) is 0. The predicted octanol–water partition coefficient (Wildman–Crippen LogP) is 6.48. The molecule has 0 fully saturated rings. The van der Waals surface area contributed by atoms with Crippen molar-refractivity contribution in [3.05, 3.63) is 70.8 Å². The molecule has 2 aromatic rings. The van der Waals surface area contributed by atoms with Gasteiger partial charge in [0.15, 0.2) is 0 Å². The molecular weight excluding hydrogens is 292 g/mol. The summed E-state index contributed by atoms with van der Waals surface area (Å²) in [5, 5.41) is 0. The predicted molar refractivity (Wildman–Crippen MR) is 99.7 cm³/mol. The molecule has 1 aliphatic carbocycles. The van der Waals surface area contributed by atoms with E-state index >= 15 is 0 Å². The Bertz CT molecular complexity index is 796. The highest BCUT2D eigenvalue weighted by Gasteiger charge is 2.65. The average Bonchev–Trinajstić information content (AvgIpc) is 2.66. The van der Waals surface area contributed by atoms with E-state index < -0.39 is 0 Å². The molecule has 1 heterocycles. The fraction of sp³-hybridized carbons (Fsp3) is 0.391. The van der Waals surface area contributed by atoms with Crippen molar-refractivity contribution < 1.29 is 4.74 Å². The highest BCUT2D eigenvalue weighted by atomic mass is 16.5. The van der Waals surface area contributed by atoms with Gasteiger partial charge in [0, 0.05) is 27.4 Å². The molecule has 0 saturated heterocycles. The third-order valence-corrected chi connectivity index (χ3v) is 7.11. The van der Waals surface area contributed by atoms with E-state index in [1.54, 1.807) is 0 Å². The van der Waals surface area contributed by atoms with E-state index in [0.29, 0.717) is 0 Å². The standard InChI is InChI=1S/C23H26O/c1-15-16(2)22(5,6)23(21(15,3)4)17-11-7-9-13-19(17)24-20-14-10-8-12-18(20)23/h7-14H,1-6H3. The lowest BCUT2D eigenvalue weighted by Gasteiger charge is -2.54. The summed E-state index contributed by atoms with van der Waals surface area (Å²) in [5.41, 5.74) is 5.52. The average molecular weight is 318 g/mol. The Morgan fingerprint density at radius 2 is 1.00 bits per heavy atom. The Kier molecular flexibility index (Phi) is 2.93. The van der Waals surface area contributed by atoms with E-state index in [-0.39, 0.29) is 16.2 Å². The highest BCUT2D eigenvalue weighted by molar-refractivity contribution is 5.65. The second-order valence-electron chi connectivity index (χ2n) is 8.34. The lowest BCUT2D eigenvalue weighted by atomic mass is 9.49. The summed E-state index contributed by atoms with van der Waals surface area (Å²) in [5.74, 6) is 2.00. The van der Waals surface area contributed by atoms with Crippen molar-refractivity contribution >= 4 is 0 Å². The van der Waals surface area contributed by atoms with E-state index in [1.165, 1.54) is 22.3 Å². The molecular formula is C23H26O. The van der Waals surface area contributed by atoms with Crippen molar-refractivity contribution in [2.45, 2.75) is 47.0 Å². The van der Waals surface area contributed by atoms with Gasteiger partial charge in [-0.25, -0.2) is 0 Å². The van der Waals surface area contributed by atoms with Gasteiger partial charge in [-0.15, -0.1) is 0 Å². The zero-order chi connectivity index (χ0) is 17.3. The molecule has 1 aliphatic heterocycles. The number of ether oxygens (including phenoxy) is 1. The third kappa shape index (κ3) is 1.47. The number of rotatable bonds is 0. The fourth-order valence-electron chi connectivity index (χ4n) is 5.62. The molecule has 1 spiro atoms. The lowest BCUT2D eigenvalue weighted by molar-refractivity contribution is 0.140. The second-order valence-corrected chi connectivity index (χ2v) is 8.34. The van der Waals surface area contributed by atoms with Gasteiger partial charge in [0.1, 0.15) is 11.5 Å². The van der Waals surface area contributed by atoms with Crippen LogP contribution in [0.2, 0.25) is 0 Å². The van der Waals surface area contributed by atoms with Gasteiger partial charge in [-0.1, -0.05) is 75.2 Å². The summed E-state index contributed by atoms with van der Waals surface area (Å²) < 4.78 is 6.30. The van der Waals surface area contributed by atoms with Crippen molar-refractivity contribution in [1.82, 2.24) is 0 Å². The van der Waals surface area contributed by atoms with Gasteiger partial charge in [0.25, 0.3) is 0 Å². The van der Waals surface area contributed by atoms with Gasteiger partial charge in [-0.2, -0.15) is 0 Å². The van der Waals surface area contributed by atoms with Crippen LogP contribution in [0.15, 0.2) is 59.7 Å². The maximum Gasteiger partial charge on any atom is 0.131 e. The monoisotopic (exact) mass is 318 g/mol. The van der Waals surface area contributed by atoms with E-state index in [1.807, 2.05) is 0 Å². The summed E-state index contributed by atoms with van der Waals surface area (Å²) in [6.07, 6.45) is 0. The summed E-state index contributed by atoms with van der Waals surface area (Å²) >= 11 is 0. The molecule has 0 saturated carbocycles. The van der Waals surface area contributed by atoms with Crippen LogP contribution in [0.3, 0.4) is 0 Å². The number of allylic oxidation sites excluding steroid dienone is 2. The van der Waals surface area contributed by atoms with E-state index in [4.69, 9.17) is 4.74 Å². The van der Waals surface area contributed by atoms with Crippen LogP contribution < -0.4 is 4.74 Å². The lowest BCUT2D eigenvalue weighted by Crippen LogP contribution is -2.51. The van der Waals surface area contributed by atoms with Crippen LogP contribution in [0.1, 0.15) is 52.7 Å². The zero-order valence-electron chi connectivity index (χ0n) is 15.5. The summed E-state index contributed by atoms with van der Waals surface area (Å²) in [7, 11) is 0. The van der Waals surface area contributed by atoms with E-state index in [9.17, 15) is 0 Å². The molecule has 2 aromatic carbocycles. The third-order valence-electron chi connectivity index (χ3n) is 7.11. The molecule has 0 radical (unpaired) electrons. The molecule has 0 N–H and O–H groups in total. The summed E-state index contributed by atoms with van der Waals surface area (Å²) in [6.45, 7) is 14.2. The van der Waals surface area contributed by atoms with Crippen LogP contribution in [0.25, 0.3) is 0 Å². The second kappa shape index (κ2) is 4.53. The first kappa shape index (κ1) is 15.5. The van der Waals surface area contributed by atoms with Crippen LogP contribution in [0, 0.1) is 10.8 Å². The first-order valence-electron chi connectivity index (χ1n) is 8.81. The molecule has 0 aromatic heterocycles. The number of benzene rings is 2. The maximum atomic E-state index is 6.30. The molecule has 124 valence electrons. The quantitative estimate of drug-likeness (QED) is 0.505. The molecule has 0 atom stereocenters. The van der Waals surface area contributed by atoms with Crippen molar-refractivity contribution in [1.29, 1.82) is 0 Å². The molecule has 2 aliphatic rings. The first-order valence-corrected chi connectivity index (χ1v) is 8.81. The summed E-state index contributed by atoms with van der Waals surface area (Å²) in [6, 6.07) is 17.2. The molecule has 0 unspecified atom stereocenters. The van der Waals surface area contributed by atoms with Gasteiger partial charge in [-0.05, 0) is 26.0 Å². The Morgan fingerprint density at radius 3 is 1.42 bits per heavy atom. The molecule has 24 heavy (non-hydrogen) atoms. The molecule has 4 rings (SSSR count).